The average Bonchev–Trinajstić information content (AvgIpc) is 4.28. The lowest BCUT2D eigenvalue weighted by Gasteiger charge is -2.34. The van der Waals surface area contributed by atoms with Crippen molar-refractivity contribution in [1.82, 2.24) is 10.3 Å². The maximum absolute atomic E-state index is 7.47. The van der Waals surface area contributed by atoms with Crippen LogP contribution in [0.5, 0.6) is 0 Å². The Morgan fingerprint density at radius 1 is 0.513 bits per heavy atom. The van der Waals surface area contributed by atoms with Crippen LogP contribution in [0.3, 0.4) is 0 Å². The van der Waals surface area contributed by atoms with Crippen LogP contribution in [0.25, 0.3) is 65.7 Å². The zero-order valence-electron chi connectivity index (χ0n) is 44.5. The molecular formula is C71H60N4O. The summed E-state index contributed by atoms with van der Waals surface area (Å²) >= 11 is 0. The first kappa shape index (κ1) is 45.9. The molecule has 0 radical (unpaired) electrons. The number of benzene rings is 9. The molecule has 14 rings (SSSR count). The van der Waals surface area contributed by atoms with Crippen LogP contribution in [0.2, 0.25) is 0 Å². The van der Waals surface area contributed by atoms with Crippen molar-refractivity contribution in [2.75, 3.05) is 16.3 Å². The number of fused-ring (bicyclic) bond motifs is 19. The van der Waals surface area contributed by atoms with E-state index in [2.05, 4.69) is 265 Å². The number of dihydropyridines is 1. The van der Waals surface area contributed by atoms with Crippen molar-refractivity contribution >= 4 is 72.1 Å². The standard InChI is InChI=1S/C71H60N4O/c1-43-25-37-62(72-41-43)74(47-31-27-45(28-32-47)69(3,4)5)49-35-36-54-56(39-49)50-17-9-10-20-53(50)65-66-59(71(67(54)65)57-22-14-11-18-51(57)52-19-12-15-23-58(52)71)40-60(64-55-21-13-16-24-61(55)76-68(64)66)75(63-38-26-44(2)42-73-63)48-33-29-46(30-34-48)70(6,7)8/h9-40,42,72H,41H2,1-8H3. The Morgan fingerprint density at radius 3 is 1.72 bits per heavy atom. The lowest BCUT2D eigenvalue weighted by atomic mass is 9.69. The van der Waals surface area contributed by atoms with Crippen LogP contribution >= 0.6 is 0 Å². The molecular weight excluding hydrogens is 925 g/mol. The Morgan fingerprint density at radius 2 is 1.11 bits per heavy atom. The summed E-state index contributed by atoms with van der Waals surface area (Å²) in [5, 5.41) is 10.7. The molecule has 0 saturated carbocycles. The molecule has 5 nitrogen and oxygen atoms in total. The van der Waals surface area contributed by atoms with E-state index in [1.54, 1.807) is 0 Å². The van der Waals surface area contributed by atoms with E-state index in [0.29, 0.717) is 0 Å². The Kier molecular flexibility index (Phi) is 10.1. The van der Waals surface area contributed by atoms with E-state index in [4.69, 9.17) is 9.40 Å². The number of pyridine rings is 1. The average molecular weight is 985 g/mol. The van der Waals surface area contributed by atoms with Crippen molar-refractivity contribution < 1.29 is 4.42 Å². The van der Waals surface area contributed by atoms with E-state index in [0.717, 1.165) is 74.0 Å². The molecule has 2 aliphatic carbocycles. The minimum atomic E-state index is -0.746. The minimum absolute atomic E-state index is 0.0166. The van der Waals surface area contributed by atoms with Crippen LogP contribution in [0.1, 0.15) is 87.4 Å². The summed E-state index contributed by atoms with van der Waals surface area (Å²) < 4.78 is 7.47. The zero-order chi connectivity index (χ0) is 51.8. The predicted octanol–water partition coefficient (Wildman–Crippen LogP) is 18.5. The van der Waals surface area contributed by atoms with Gasteiger partial charge >= 0.3 is 0 Å². The van der Waals surface area contributed by atoms with Crippen molar-refractivity contribution in [2.24, 2.45) is 0 Å². The first-order chi connectivity index (χ1) is 36.8. The van der Waals surface area contributed by atoms with Gasteiger partial charge in [0.05, 0.1) is 16.5 Å². The third-order valence-corrected chi connectivity index (χ3v) is 16.5. The Labute approximate surface area is 445 Å². The van der Waals surface area contributed by atoms with Crippen molar-refractivity contribution in [3.8, 4) is 22.3 Å². The molecule has 9 aromatic carbocycles. The van der Waals surface area contributed by atoms with E-state index in [1.807, 2.05) is 6.20 Å². The number of aryl methyl sites for hydroxylation is 1. The van der Waals surface area contributed by atoms with Gasteiger partial charge in [-0.05, 0) is 163 Å². The molecule has 0 fully saturated rings. The molecule has 1 spiro atoms. The second-order valence-corrected chi connectivity index (χ2v) is 23.4. The topological polar surface area (TPSA) is 44.5 Å². The van der Waals surface area contributed by atoms with Gasteiger partial charge in [0.2, 0.25) is 0 Å². The number of aromatic nitrogens is 1. The summed E-state index contributed by atoms with van der Waals surface area (Å²) in [6.07, 6.45) is 6.45. The van der Waals surface area contributed by atoms with Crippen LogP contribution in [0.4, 0.5) is 28.6 Å². The third-order valence-electron chi connectivity index (χ3n) is 16.5. The van der Waals surface area contributed by atoms with E-state index in [9.17, 15) is 0 Å². The van der Waals surface area contributed by atoms with Gasteiger partial charge in [-0.25, -0.2) is 4.98 Å². The largest absolute Gasteiger partial charge is 0.455 e. The van der Waals surface area contributed by atoms with Crippen LogP contribution in [-0.2, 0) is 16.2 Å². The van der Waals surface area contributed by atoms with Gasteiger partial charge in [0, 0.05) is 40.8 Å². The number of para-hydroxylation sites is 1. The van der Waals surface area contributed by atoms with Crippen molar-refractivity contribution in [3.63, 3.8) is 0 Å². The smallest absolute Gasteiger partial charge is 0.145 e. The number of anilines is 5. The van der Waals surface area contributed by atoms with Crippen molar-refractivity contribution in [2.45, 2.75) is 71.6 Å². The van der Waals surface area contributed by atoms with Crippen molar-refractivity contribution in [3.05, 3.63) is 251 Å². The zero-order valence-corrected chi connectivity index (χ0v) is 44.5. The van der Waals surface area contributed by atoms with Crippen LogP contribution in [-0.4, -0.2) is 11.5 Å². The molecule has 1 aliphatic heterocycles. The van der Waals surface area contributed by atoms with Gasteiger partial charge in [0.1, 0.15) is 22.8 Å². The molecule has 76 heavy (non-hydrogen) atoms. The van der Waals surface area contributed by atoms with E-state index in [1.165, 1.54) is 77.2 Å². The fourth-order valence-corrected chi connectivity index (χ4v) is 12.9. The van der Waals surface area contributed by atoms with E-state index >= 15 is 0 Å². The summed E-state index contributed by atoms with van der Waals surface area (Å²) in [6, 6.07) is 68.2. The Bertz CT molecular complexity index is 4210. The van der Waals surface area contributed by atoms with E-state index < -0.39 is 5.41 Å². The molecule has 0 unspecified atom stereocenters. The van der Waals surface area contributed by atoms with Crippen molar-refractivity contribution in [1.29, 1.82) is 0 Å². The highest BCUT2D eigenvalue weighted by Gasteiger charge is 2.54. The number of hydrogen-bond donors (Lipinski definition) is 1. The van der Waals surface area contributed by atoms with Gasteiger partial charge in [-0.3, -0.25) is 9.80 Å². The Hall–Kier alpha value is -8.67. The predicted molar refractivity (Wildman–Crippen MR) is 318 cm³/mol. The summed E-state index contributed by atoms with van der Waals surface area (Å²) in [4.78, 5) is 9.99. The lowest BCUT2D eigenvalue weighted by Crippen LogP contribution is -2.31. The van der Waals surface area contributed by atoms with Gasteiger partial charge in [-0.2, -0.15) is 0 Å². The van der Waals surface area contributed by atoms with Crippen LogP contribution < -0.4 is 15.1 Å². The van der Waals surface area contributed by atoms with Crippen LogP contribution in [0, 0.1) is 6.92 Å². The number of allylic oxidation sites excluding steroid dienone is 2. The quantitative estimate of drug-likeness (QED) is 0.168. The molecule has 1 N–H and O–H groups in total. The van der Waals surface area contributed by atoms with Gasteiger partial charge in [0.25, 0.3) is 0 Å². The second-order valence-electron chi connectivity index (χ2n) is 23.4. The SMILES string of the molecule is CC1=CC=C(N(c2ccc(C(C)(C)C)cc2)c2ccc3c4c(c5ccccc5c3c2)-c2c(cc(N(c3ccc(C(C)(C)C)cc3)c3ccc(C)cn3)c3c2oc2ccccc23)C42c3ccccc3-c3ccccc32)NC1. The minimum Gasteiger partial charge on any atom is -0.455 e. The molecule has 5 heteroatoms. The number of hydrogen-bond acceptors (Lipinski definition) is 5. The van der Waals surface area contributed by atoms with Gasteiger partial charge in [-0.15, -0.1) is 0 Å². The monoisotopic (exact) mass is 984 g/mol. The number of nitrogens with one attached hydrogen (secondary N) is 1. The summed E-state index contributed by atoms with van der Waals surface area (Å²) in [6.45, 7) is 18.7. The second kappa shape index (κ2) is 16.7. The molecule has 3 heterocycles. The maximum Gasteiger partial charge on any atom is 0.145 e. The summed E-state index contributed by atoms with van der Waals surface area (Å²) in [7, 11) is 0. The molecule has 0 bridgehead atoms. The lowest BCUT2D eigenvalue weighted by molar-refractivity contribution is 0.590. The molecule has 0 amide bonds. The van der Waals surface area contributed by atoms with E-state index in [-0.39, 0.29) is 10.8 Å². The first-order valence-electron chi connectivity index (χ1n) is 26.8. The highest BCUT2D eigenvalue weighted by atomic mass is 16.3. The Balaban J connectivity index is 1.13. The molecule has 2 aromatic heterocycles. The van der Waals surface area contributed by atoms with Gasteiger partial charge in [0.15, 0.2) is 0 Å². The fraction of sp³-hybridized carbons (Fsp3) is 0.169. The fourth-order valence-electron chi connectivity index (χ4n) is 12.9. The summed E-state index contributed by atoms with van der Waals surface area (Å²) in [5.41, 5.74) is 20.1. The summed E-state index contributed by atoms with van der Waals surface area (Å²) in [5.74, 6) is 1.88. The van der Waals surface area contributed by atoms with Gasteiger partial charge < -0.3 is 9.73 Å². The highest BCUT2D eigenvalue weighted by molar-refractivity contribution is 6.26. The third kappa shape index (κ3) is 6.74. The molecule has 11 aromatic rings. The normalized spacial score (nSPS) is 14.4. The molecule has 0 saturated heterocycles. The first-order valence-corrected chi connectivity index (χ1v) is 26.8. The van der Waals surface area contributed by atoms with Gasteiger partial charge in [-0.1, -0.05) is 181 Å². The maximum atomic E-state index is 7.47. The number of furan rings is 1. The molecule has 0 atom stereocenters. The number of rotatable bonds is 6. The number of nitrogens with zero attached hydrogens (tertiary/aromatic N) is 3. The highest BCUT2D eigenvalue weighted by Crippen LogP contribution is 2.68. The molecule has 370 valence electrons. The van der Waals surface area contributed by atoms with Crippen LogP contribution in [0.15, 0.2) is 216 Å². The molecule has 3 aliphatic rings.